The first-order valence-electron chi connectivity index (χ1n) is 8.17. The molecule has 1 unspecified atom stereocenters. The summed E-state index contributed by atoms with van der Waals surface area (Å²) in [6.07, 6.45) is 10.1. The predicted molar refractivity (Wildman–Crippen MR) is 91.5 cm³/mol. The Morgan fingerprint density at radius 2 is 2.09 bits per heavy atom. The largest absolute Gasteiger partial charge is 0.490 e. The fourth-order valence-corrected chi connectivity index (χ4v) is 2.42. The van der Waals surface area contributed by atoms with Crippen molar-refractivity contribution >= 4 is 11.6 Å². The number of ether oxygens (including phenoxy) is 1. The van der Waals surface area contributed by atoms with Gasteiger partial charge in [0.15, 0.2) is 0 Å². The minimum absolute atomic E-state index is 0.0696. The summed E-state index contributed by atoms with van der Waals surface area (Å²) in [5.41, 5.74) is 0.786. The summed E-state index contributed by atoms with van der Waals surface area (Å²) in [6.45, 7) is 4.59. The van der Waals surface area contributed by atoms with Crippen LogP contribution in [0.2, 0.25) is 0 Å². The van der Waals surface area contributed by atoms with E-state index in [2.05, 4.69) is 21.8 Å². The molecule has 1 atom stereocenters. The van der Waals surface area contributed by atoms with Crippen LogP contribution in [-0.4, -0.2) is 21.6 Å². The maximum absolute atomic E-state index is 11.0. The maximum atomic E-state index is 11.0. The summed E-state index contributed by atoms with van der Waals surface area (Å²) in [7, 11) is 0. The van der Waals surface area contributed by atoms with Crippen molar-refractivity contribution < 1.29 is 9.53 Å². The summed E-state index contributed by atoms with van der Waals surface area (Å²) in [5.74, 6) is 0.769. The number of unbranched alkanes of at least 4 members (excludes halogenated alkanes) is 1. The molecule has 0 aliphatic rings. The molecule has 1 amide bonds. The number of carbonyl (C=O) groups excluding carboxylic acids is 1. The lowest BCUT2D eigenvalue weighted by Crippen LogP contribution is -2.19. The molecule has 1 aromatic carbocycles. The summed E-state index contributed by atoms with van der Waals surface area (Å²) in [5, 5.41) is 2.76. The van der Waals surface area contributed by atoms with E-state index in [9.17, 15) is 4.79 Å². The van der Waals surface area contributed by atoms with Gasteiger partial charge in [-0.1, -0.05) is 19.8 Å². The molecular weight excluding hydrogens is 290 g/mol. The van der Waals surface area contributed by atoms with Crippen LogP contribution in [0.3, 0.4) is 0 Å². The average molecular weight is 315 g/mol. The summed E-state index contributed by atoms with van der Waals surface area (Å²) in [6, 6.07) is 7.54. The Hall–Kier alpha value is -2.30. The van der Waals surface area contributed by atoms with Crippen LogP contribution >= 0.6 is 0 Å². The number of imidazole rings is 1. The van der Waals surface area contributed by atoms with Gasteiger partial charge in [0.05, 0.1) is 6.33 Å². The smallest absolute Gasteiger partial charge is 0.221 e. The zero-order chi connectivity index (χ0) is 16.5. The van der Waals surface area contributed by atoms with Crippen LogP contribution in [0.5, 0.6) is 5.75 Å². The Morgan fingerprint density at radius 1 is 1.30 bits per heavy atom. The molecule has 2 aromatic rings. The highest BCUT2D eigenvalue weighted by Crippen LogP contribution is 2.20. The molecule has 5 nitrogen and oxygen atoms in total. The second-order valence-corrected chi connectivity index (χ2v) is 5.68. The van der Waals surface area contributed by atoms with Gasteiger partial charge in [0.2, 0.25) is 5.91 Å². The monoisotopic (exact) mass is 315 g/mol. The number of aromatic nitrogens is 2. The quantitative estimate of drug-likeness (QED) is 0.764. The summed E-state index contributed by atoms with van der Waals surface area (Å²) < 4.78 is 8.20. The van der Waals surface area contributed by atoms with E-state index in [1.54, 1.807) is 6.20 Å². The van der Waals surface area contributed by atoms with Crippen molar-refractivity contribution in [3.8, 4) is 5.75 Å². The molecule has 23 heavy (non-hydrogen) atoms. The third-order valence-electron chi connectivity index (χ3n) is 3.63. The number of rotatable bonds is 9. The lowest BCUT2D eigenvalue weighted by molar-refractivity contribution is -0.114. The topological polar surface area (TPSA) is 56.1 Å². The second-order valence-electron chi connectivity index (χ2n) is 5.68. The molecule has 0 aliphatic heterocycles. The Labute approximate surface area is 137 Å². The third kappa shape index (κ3) is 6.14. The molecule has 0 saturated heterocycles. The summed E-state index contributed by atoms with van der Waals surface area (Å²) in [4.78, 5) is 15.1. The molecule has 0 aliphatic carbocycles. The van der Waals surface area contributed by atoms with Crippen LogP contribution < -0.4 is 10.1 Å². The Balaban J connectivity index is 1.91. The van der Waals surface area contributed by atoms with Gasteiger partial charge in [-0.15, -0.1) is 0 Å². The minimum atomic E-state index is -0.0696. The number of nitrogens with zero attached hydrogens (tertiary/aromatic N) is 2. The van der Waals surface area contributed by atoms with E-state index < -0.39 is 0 Å². The van der Waals surface area contributed by atoms with E-state index in [0.717, 1.165) is 43.7 Å². The van der Waals surface area contributed by atoms with Crippen molar-refractivity contribution in [1.29, 1.82) is 0 Å². The van der Waals surface area contributed by atoms with Gasteiger partial charge in [-0.25, -0.2) is 4.98 Å². The molecule has 0 fully saturated rings. The first kappa shape index (κ1) is 17.1. The Kier molecular flexibility index (Phi) is 6.66. The first-order valence-corrected chi connectivity index (χ1v) is 8.17. The van der Waals surface area contributed by atoms with Crippen LogP contribution in [-0.2, 0) is 11.3 Å². The molecular formula is C18H25N3O2. The highest BCUT2D eigenvalue weighted by Gasteiger charge is 2.11. The SMILES string of the molecule is CCCCC(CCn1ccnc1)Oc1ccc(NC(C)=O)cc1. The number of anilines is 1. The molecule has 0 spiro atoms. The number of aryl methyl sites for hydroxylation is 1. The zero-order valence-corrected chi connectivity index (χ0v) is 13.9. The third-order valence-corrected chi connectivity index (χ3v) is 3.63. The van der Waals surface area contributed by atoms with Gasteiger partial charge in [-0.05, 0) is 30.7 Å². The number of benzene rings is 1. The molecule has 1 N–H and O–H groups in total. The van der Waals surface area contributed by atoms with Crippen LogP contribution in [0.4, 0.5) is 5.69 Å². The highest BCUT2D eigenvalue weighted by molar-refractivity contribution is 5.88. The van der Waals surface area contributed by atoms with E-state index in [1.807, 2.05) is 36.8 Å². The Morgan fingerprint density at radius 3 is 2.70 bits per heavy atom. The van der Waals surface area contributed by atoms with Crippen molar-refractivity contribution in [2.45, 2.75) is 52.2 Å². The van der Waals surface area contributed by atoms with Crippen molar-refractivity contribution in [2.75, 3.05) is 5.32 Å². The van der Waals surface area contributed by atoms with Crippen LogP contribution in [0.25, 0.3) is 0 Å². The van der Waals surface area contributed by atoms with Crippen LogP contribution in [0, 0.1) is 0 Å². The molecule has 0 radical (unpaired) electrons. The minimum Gasteiger partial charge on any atom is -0.490 e. The van der Waals surface area contributed by atoms with Crippen molar-refractivity contribution in [1.82, 2.24) is 9.55 Å². The van der Waals surface area contributed by atoms with E-state index in [0.29, 0.717) is 0 Å². The maximum Gasteiger partial charge on any atom is 0.221 e. The van der Waals surface area contributed by atoms with E-state index in [-0.39, 0.29) is 12.0 Å². The number of hydrogen-bond donors (Lipinski definition) is 1. The van der Waals surface area contributed by atoms with Gasteiger partial charge in [0.1, 0.15) is 11.9 Å². The molecule has 1 heterocycles. The van der Waals surface area contributed by atoms with E-state index >= 15 is 0 Å². The number of amides is 1. The number of nitrogens with one attached hydrogen (secondary N) is 1. The summed E-state index contributed by atoms with van der Waals surface area (Å²) >= 11 is 0. The normalized spacial score (nSPS) is 11.9. The van der Waals surface area contributed by atoms with Gasteiger partial charge >= 0.3 is 0 Å². The van der Waals surface area contributed by atoms with E-state index in [4.69, 9.17) is 4.74 Å². The van der Waals surface area contributed by atoms with Gasteiger partial charge in [0, 0.05) is 38.0 Å². The molecule has 0 bridgehead atoms. The fourth-order valence-electron chi connectivity index (χ4n) is 2.42. The van der Waals surface area contributed by atoms with Crippen molar-refractivity contribution in [3.05, 3.63) is 43.0 Å². The number of carbonyl (C=O) groups is 1. The fraction of sp³-hybridized carbons (Fsp3) is 0.444. The standard InChI is InChI=1S/C18H25N3O2/c1-3-4-5-17(10-12-21-13-11-19-14-21)23-18-8-6-16(7-9-18)20-15(2)22/h6-9,11,13-14,17H,3-5,10,12H2,1-2H3,(H,20,22). The second kappa shape index (κ2) is 8.98. The van der Waals surface area contributed by atoms with Gasteiger partial charge in [-0.2, -0.15) is 0 Å². The van der Waals surface area contributed by atoms with Gasteiger partial charge in [-0.3, -0.25) is 4.79 Å². The molecule has 1 aromatic heterocycles. The van der Waals surface area contributed by atoms with Gasteiger partial charge in [0.25, 0.3) is 0 Å². The van der Waals surface area contributed by atoms with Crippen molar-refractivity contribution in [2.24, 2.45) is 0 Å². The molecule has 2 rings (SSSR count). The van der Waals surface area contributed by atoms with Crippen LogP contribution in [0.15, 0.2) is 43.0 Å². The Bertz CT molecular complexity index is 579. The lowest BCUT2D eigenvalue weighted by atomic mass is 10.1. The average Bonchev–Trinajstić information content (AvgIpc) is 3.04. The molecule has 124 valence electrons. The lowest BCUT2D eigenvalue weighted by Gasteiger charge is -2.19. The van der Waals surface area contributed by atoms with Gasteiger partial charge < -0.3 is 14.6 Å². The predicted octanol–water partition coefficient (Wildman–Crippen LogP) is 3.87. The zero-order valence-electron chi connectivity index (χ0n) is 13.9. The highest BCUT2D eigenvalue weighted by atomic mass is 16.5. The van der Waals surface area contributed by atoms with Crippen LogP contribution in [0.1, 0.15) is 39.5 Å². The van der Waals surface area contributed by atoms with E-state index in [1.165, 1.54) is 6.92 Å². The number of hydrogen-bond acceptors (Lipinski definition) is 3. The molecule has 5 heteroatoms. The molecule has 0 saturated carbocycles. The first-order chi connectivity index (χ1) is 11.2. The van der Waals surface area contributed by atoms with Crippen molar-refractivity contribution in [3.63, 3.8) is 0 Å².